The minimum Gasteiger partial charge on any atom is -0.497 e. The van der Waals surface area contributed by atoms with Crippen LogP contribution in [0.1, 0.15) is 24.1 Å². The first-order chi connectivity index (χ1) is 11.9. The van der Waals surface area contributed by atoms with Gasteiger partial charge in [-0.15, -0.1) is 0 Å². The number of carbonyl (C=O) groups excluding carboxylic acids is 1. The first-order valence-electron chi connectivity index (χ1n) is 7.77. The molecule has 0 amide bonds. The molecule has 1 atom stereocenters. The van der Waals surface area contributed by atoms with Crippen LogP contribution >= 0.6 is 0 Å². The van der Waals surface area contributed by atoms with Gasteiger partial charge in [-0.05, 0) is 43.7 Å². The lowest BCUT2D eigenvalue weighted by Crippen LogP contribution is -2.35. The normalized spacial score (nSPS) is 12.4. The van der Waals surface area contributed by atoms with Gasteiger partial charge in [-0.1, -0.05) is 29.8 Å². The Balaban J connectivity index is 2.34. The molecule has 0 spiro atoms. The first kappa shape index (κ1) is 19.0. The molecule has 0 bridgehead atoms. The number of rotatable bonds is 7. The number of sulfonamides is 1. The van der Waals surface area contributed by atoms with Crippen molar-refractivity contribution in [2.75, 3.05) is 13.7 Å². The van der Waals surface area contributed by atoms with Crippen molar-refractivity contribution in [3.8, 4) is 5.75 Å². The predicted molar refractivity (Wildman–Crippen MR) is 93.9 cm³/mol. The van der Waals surface area contributed by atoms with Crippen LogP contribution in [-0.4, -0.2) is 28.1 Å². The van der Waals surface area contributed by atoms with E-state index >= 15 is 0 Å². The number of benzene rings is 2. The fraction of sp³-hybridized carbons (Fsp3) is 0.278. The summed E-state index contributed by atoms with van der Waals surface area (Å²) in [5.41, 5.74) is 1.41. The molecular weight excluding hydrogens is 342 g/mol. The Labute approximate surface area is 147 Å². The molecule has 0 aliphatic carbocycles. The Morgan fingerprint density at radius 1 is 1.08 bits per heavy atom. The maximum Gasteiger partial charge on any atom is 0.328 e. The van der Waals surface area contributed by atoms with Crippen LogP contribution in [-0.2, 0) is 19.6 Å². The highest BCUT2D eigenvalue weighted by molar-refractivity contribution is 7.89. The van der Waals surface area contributed by atoms with Crippen molar-refractivity contribution < 1.29 is 22.7 Å². The molecule has 0 radical (unpaired) electrons. The topological polar surface area (TPSA) is 81.7 Å². The smallest absolute Gasteiger partial charge is 0.328 e. The largest absolute Gasteiger partial charge is 0.497 e. The van der Waals surface area contributed by atoms with E-state index in [1.54, 1.807) is 43.3 Å². The van der Waals surface area contributed by atoms with E-state index in [-0.39, 0.29) is 11.5 Å². The molecule has 7 heteroatoms. The number of nitrogens with one attached hydrogen (secondary N) is 1. The fourth-order valence-electron chi connectivity index (χ4n) is 2.21. The van der Waals surface area contributed by atoms with Gasteiger partial charge >= 0.3 is 5.97 Å². The fourth-order valence-corrected chi connectivity index (χ4v) is 3.39. The highest BCUT2D eigenvalue weighted by atomic mass is 32.2. The Kier molecular flexibility index (Phi) is 6.17. The summed E-state index contributed by atoms with van der Waals surface area (Å²) in [6.45, 7) is 3.68. The molecule has 0 heterocycles. The monoisotopic (exact) mass is 363 g/mol. The molecule has 0 aromatic heterocycles. The lowest BCUT2D eigenvalue weighted by Gasteiger charge is -2.18. The van der Waals surface area contributed by atoms with Crippen LogP contribution in [0.4, 0.5) is 0 Å². The quantitative estimate of drug-likeness (QED) is 0.765. The summed E-state index contributed by atoms with van der Waals surface area (Å²) in [6, 6.07) is 11.8. The van der Waals surface area contributed by atoms with Crippen molar-refractivity contribution in [1.29, 1.82) is 0 Å². The summed E-state index contributed by atoms with van der Waals surface area (Å²) < 4.78 is 37.8. The van der Waals surface area contributed by atoms with Gasteiger partial charge in [0.15, 0.2) is 0 Å². The van der Waals surface area contributed by atoms with Crippen LogP contribution in [0, 0.1) is 6.92 Å². The third-order valence-corrected chi connectivity index (χ3v) is 5.01. The van der Waals surface area contributed by atoms with Crippen LogP contribution in [0.2, 0.25) is 0 Å². The molecule has 0 aliphatic heterocycles. The van der Waals surface area contributed by atoms with E-state index < -0.39 is 22.0 Å². The zero-order chi connectivity index (χ0) is 18.4. The molecule has 0 aliphatic rings. The molecule has 1 unspecified atom stereocenters. The lowest BCUT2D eigenvalue weighted by atomic mass is 10.1. The Hall–Kier alpha value is -2.38. The van der Waals surface area contributed by atoms with E-state index in [2.05, 4.69) is 4.72 Å². The van der Waals surface area contributed by atoms with Gasteiger partial charge in [0, 0.05) is 0 Å². The van der Waals surface area contributed by atoms with E-state index in [1.807, 2.05) is 6.92 Å². The van der Waals surface area contributed by atoms with Gasteiger partial charge in [0.2, 0.25) is 10.0 Å². The standard InChI is InChI=1S/C18H21NO5S/c1-4-24-18(20)17(14-7-9-15(23-3)10-8-14)19-25(21,22)16-11-5-13(2)6-12-16/h5-12,17,19H,4H2,1-3H3. The lowest BCUT2D eigenvalue weighted by molar-refractivity contribution is -0.145. The molecule has 6 nitrogen and oxygen atoms in total. The van der Waals surface area contributed by atoms with Crippen molar-refractivity contribution in [3.63, 3.8) is 0 Å². The third kappa shape index (κ3) is 4.80. The second-order valence-electron chi connectivity index (χ2n) is 5.39. The minimum absolute atomic E-state index is 0.0842. The van der Waals surface area contributed by atoms with Crippen molar-refractivity contribution >= 4 is 16.0 Å². The van der Waals surface area contributed by atoms with E-state index in [0.29, 0.717) is 11.3 Å². The zero-order valence-corrected chi connectivity index (χ0v) is 15.2. The molecule has 2 rings (SSSR count). The van der Waals surface area contributed by atoms with Gasteiger partial charge in [-0.25, -0.2) is 13.2 Å². The summed E-state index contributed by atoms with van der Waals surface area (Å²) in [7, 11) is -2.36. The van der Waals surface area contributed by atoms with Crippen molar-refractivity contribution in [2.24, 2.45) is 0 Å². The van der Waals surface area contributed by atoms with Gasteiger partial charge in [-0.2, -0.15) is 4.72 Å². The van der Waals surface area contributed by atoms with Gasteiger partial charge in [-0.3, -0.25) is 0 Å². The van der Waals surface area contributed by atoms with E-state index in [1.165, 1.54) is 19.2 Å². The number of hydrogen-bond acceptors (Lipinski definition) is 5. The number of hydrogen-bond donors (Lipinski definition) is 1. The Morgan fingerprint density at radius 3 is 2.20 bits per heavy atom. The Morgan fingerprint density at radius 2 is 1.68 bits per heavy atom. The predicted octanol–water partition coefficient (Wildman–Crippen LogP) is 2.59. The van der Waals surface area contributed by atoms with E-state index in [4.69, 9.17) is 9.47 Å². The van der Waals surface area contributed by atoms with Crippen LogP contribution < -0.4 is 9.46 Å². The minimum atomic E-state index is -3.89. The van der Waals surface area contributed by atoms with Gasteiger partial charge in [0.25, 0.3) is 0 Å². The maximum absolute atomic E-state index is 12.6. The zero-order valence-electron chi connectivity index (χ0n) is 14.4. The van der Waals surface area contributed by atoms with Crippen molar-refractivity contribution in [2.45, 2.75) is 24.8 Å². The SMILES string of the molecule is CCOC(=O)C(NS(=O)(=O)c1ccc(C)cc1)c1ccc(OC)cc1. The third-order valence-electron chi connectivity index (χ3n) is 3.58. The summed E-state index contributed by atoms with van der Waals surface area (Å²) >= 11 is 0. The molecule has 0 saturated heterocycles. The van der Waals surface area contributed by atoms with Gasteiger partial charge in [0.05, 0.1) is 18.6 Å². The van der Waals surface area contributed by atoms with Crippen molar-refractivity contribution in [3.05, 3.63) is 59.7 Å². The number of ether oxygens (including phenoxy) is 2. The van der Waals surface area contributed by atoms with Gasteiger partial charge < -0.3 is 9.47 Å². The highest BCUT2D eigenvalue weighted by Gasteiger charge is 2.28. The molecule has 0 fully saturated rings. The molecule has 0 saturated carbocycles. The molecule has 1 N–H and O–H groups in total. The van der Waals surface area contributed by atoms with E-state index in [0.717, 1.165) is 5.56 Å². The summed E-state index contributed by atoms with van der Waals surface area (Å²) in [5, 5.41) is 0. The highest BCUT2D eigenvalue weighted by Crippen LogP contribution is 2.22. The average Bonchev–Trinajstić information content (AvgIpc) is 2.60. The first-order valence-corrected chi connectivity index (χ1v) is 9.25. The van der Waals surface area contributed by atoms with Crippen LogP contribution in [0.25, 0.3) is 0 Å². The van der Waals surface area contributed by atoms with Crippen molar-refractivity contribution in [1.82, 2.24) is 4.72 Å². The summed E-state index contributed by atoms with van der Waals surface area (Å²) in [4.78, 5) is 12.4. The average molecular weight is 363 g/mol. The molecule has 2 aromatic carbocycles. The van der Waals surface area contributed by atoms with Gasteiger partial charge in [0.1, 0.15) is 11.8 Å². The summed E-state index contributed by atoms with van der Waals surface area (Å²) in [5.74, 6) is -0.0592. The summed E-state index contributed by atoms with van der Waals surface area (Å²) in [6.07, 6.45) is 0. The van der Waals surface area contributed by atoms with Crippen LogP contribution in [0.5, 0.6) is 5.75 Å². The number of methoxy groups -OCH3 is 1. The molecule has 2 aromatic rings. The molecule has 134 valence electrons. The second kappa shape index (κ2) is 8.13. The number of aryl methyl sites for hydroxylation is 1. The van der Waals surface area contributed by atoms with Crippen LogP contribution in [0.15, 0.2) is 53.4 Å². The van der Waals surface area contributed by atoms with E-state index in [9.17, 15) is 13.2 Å². The Bertz CT molecular complexity index is 814. The second-order valence-corrected chi connectivity index (χ2v) is 7.11. The van der Waals surface area contributed by atoms with Crippen LogP contribution in [0.3, 0.4) is 0 Å². The number of carbonyl (C=O) groups is 1. The number of esters is 1. The maximum atomic E-state index is 12.6. The molecule has 25 heavy (non-hydrogen) atoms. The molecular formula is C18H21NO5S.